The van der Waals surface area contributed by atoms with E-state index >= 15 is 0 Å². The molecule has 0 bridgehead atoms. The van der Waals surface area contributed by atoms with Crippen molar-refractivity contribution >= 4 is 17.3 Å². The number of carbonyl (C=O) groups excluding carboxylic acids is 1. The van der Waals surface area contributed by atoms with Gasteiger partial charge in [0.15, 0.2) is 0 Å². The number of amides is 1. The zero-order valence-electron chi connectivity index (χ0n) is 11.5. The first-order valence-electron chi connectivity index (χ1n) is 7.24. The molecule has 2 aliphatic rings. The first-order valence-corrected chi connectivity index (χ1v) is 7.24. The fourth-order valence-electron chi connectivity index (χ4n) is 3.35. The predicted molar refractivity (Wildman–Crippen MR) is 78.7 cm³/mol. The van der Waals surface area contributed by atoms with E-state index in [1.807, 2.05) is 12.1 Å². The molecule has 1 heterocycles. The average Bonchev–Trinajstić information content (AvgIpc) is 2.47. The number of fused-ring (bicyclic) bond motifs is 1. The van der Waals surface area contributed by atoms with Crippen molar-refractivity contribution in [2.45, 2.75) is 37.8 Å². The first kappa shape index (κ1) is 13.2. The van der Waals surface area contributed by atoms with Gasteiger partial charge in [-0.2, -0.15) is 0 Å². The van der Waals surface area contributed by atoms with Crippen molar-refractivity contribution in [1.82, 2.24) is 0 Å². The number of hydrogen-bond acceptors (Lipinski definition) is 4. The minimum Gasteiger partial charge on any atom is -0.398 e. The first-order chi connectivity index (χ1) is 9.66. The minimum absolute atomic E-state index is 0.312. The lowest BCUT2D eigenvalue weighted by Crippen LogP contribution is -2.52. The number of nitrogens with zero attached hydrogens (tertiary/aromatic N) is 1. The number of morpholine rings is 1. The number of ether oxygens (including phenoxy) is 1. The Kier molecular flexibility index (Phi) is 3.53. The third-order valence-electron chi connectivity index (χ3n) is 4.37. The van der Waals surface area contributed by atoms with Gasteiger partial charge in [-0.3, -0.25) is 4.79 Å². The van der Waals surface area contributed by atoms with Gasteiger partial charge in [-0.15, -0.1) is 0 Å². The summed E-state index contributed by atoms with van der Waals surface area (Å²) in [6.45, 7) is 1.58. The van der Waals surface area contributed by atoms with Gasteiger partial charge in [0.25, 0.3) is 5.91 Å². The number of anilines is 2. The molecule has 5 heteroatoms. The van der Waals surface area contributed by atoms with Crippen LogP contribution in [0, 0.1) is 0 Å². The standard InChI is InChI=1S/C15H21N3O2/c16-12-6-5-10(9-11(12)15(17)19)18-7-8-20-14-4-2-1-3-13(14)18/h5-6,9,13-14H,1-4,7-8,16H2,(H2,17,19). The monoisotopic (exact) mass is 275 g/mol. The van der Waals surface area contributed by atoms with E-state index in [9.17, 15) is 4.79 Å². The molecule has 1 aromatic rings. The molecule has 4 N–H and O–H groups in total. The molecule has 1 saturated heterocycles. The Morgan fingerprint density at radius 1 is 1.30 bits per heavy atom. The summed E-state index contributed by atoms with van der Waals surface area (Å²) in [5, 5.41) is 0. The lowest BCUT2D eigenvalue weighted by atomic mass is 9.89. The Labute approximate surface area is 118 Å². The van der Waals surface area contributed by atoms with Crippen LogP contribution in [0.25, 0.3) is 0 Å². The maximum atomic E-state index is 11.4. The normalized spacial score (nSPS) is 26.1. The lowest BCUT2D eigenvalue weighted by molar-refractivity contribution is -0.00867. The molecule has 2 fully saturated rings. The highest BCUT2D eigenvalue weighted by Gasteiger charge is 2.34. The molecule has 1 aliphatic carbocycles. The maximum absolute atomic E-state index is 11.4. The third kappa shape index (κ3) is 2.33. The Morgan fingerprint density at radius 3 is 2.90 bits per heavy atom. The third-order valence-corrected chi connectivity index (χ3v) is 4.37. The van der Waals surface area contributed by atoms with E-state index in [4.69, 9.17) is 16.2 Å². The summed E-state index contributed by atoms with van der Waals surface area (Å²) in [7, 11) is 0. The summed E-state index contributed by atoms with van der Waals surface area (Å²) in [4.78, 5) is 13.8. The van der Waals surface area contributed by atoms with Crippen LogP contribution in [0.1, 0.15) is 36.0 Å². The van der Waals surface area contributed by atoms with Crippen LogP contribution in [0.15, 0.2) is 18.2 Å². The Bertz CT molecular complexity index is 516. The molecule has 0 aromatic heterocycles. The van der Waals surface area contributed by atoms with E-state index in [0.29, 0.717) is 23.4 Å². The Hall–Kier alpha value is -1.75. The van der Waals surface area contributed by atoms with Gasteiger partial charge < -0.3 is 21.1 Å². The van der Waals surface area contributed by atoms with Crippen LogP contribution >= 0.6 is 0 Å². The summed E-state index contributed by atoms with van der Waals surface area (Å²) in [6, 6.07) is 5.96. The highest BCUT2D eigenvalue weighted by Crippen LogP contribution is 2.33. The van der Waals surface area contributed by atoms with Gasteiger partial charge in [0.05, 0.1) is 24.3 Å². The highest BCUT2D eigenvalue weighted by molar-refractivity contribution is 5.99. The summed E-state index contributed by atoms with van der Waals surface area (Å²) in [5.74, 6) is -0.474. The zero-order valence-corrected chi connectivity index (χ0v) is 11.5. The van der Waals surface area contributed by atoms with Crippen LogP contribution in [-0.2, 0) is 4.74 Å². The van der Waals surface area contributed by atoms with E-state index < -0.39 is 5.91 Å². The number of nitrogens with two attached hydrogens (primary N) is 2. The summed E-state index contributed by atoms with van der Waals surface area (Å²) in [5.41, 5.74) is 13.1. The number of primary amides is 1. The second-order valence-electron chi connectivity index (χ2n) is 5.59. The summed E-state index contributed by atoms with van der Waals surface area (Å²) < 4.78 is 5.88. The van der Waals surface area contributed by atoms with Crippen molar-refractivity contribution in [3.8, 4) is 0 Å². The quantitative estimate of drug-likeness (QED) is 0.802. The molecule has 3 rings (SSSR count). The van der Waals surface area contributed by atoms with Crippen LogP contribution in [-0.4, -0.2) is 31.2 Å². The molecule has 5 nitrogen and oxygen atoms in total. The van der Waals surface area contributed by atoms with E-state index in [1.165, 1.54) is 12.8 Å². The van der Waals surface area contributed by atoms with Gasteiger partial charge in [0.2, 0.25) is 0 Å². The molecule has 1 saturated carbocycles. The van der Waals surface area contributed by atoms with E-state index in [1.54, 1.807) is 6.07 Å². The second kappa shape index (κ2) is 5.32. The molecule has 0 radical (unpaired) electrons. The molecular weight excluding hydrogens is 254 g/mol. The van der Waals surface area contributed by atoms with Crippen LogP contribution in [0.3, 0.4) is 0 Å². The zero-order chi connectivity index (χ0) is 14.1. The number of carbonyl (C=O) groups is 1. The fourth-order valence-corrected chi connectivity index (χ4v) is 3.35. The van der Waals surface area contributed by atoms with Crippen molar-refractivity contribution in [3.63, 3.8) is 0 Å². The largest absolute Gasteiger partial charge is 0.398 e. The maximum Gasteiger partial charge on any atom is 0.250 e. The van der Waals surface area contributed by atoms with Crippen molar-refractivity contribution in [2.75, 3.05) is 23.8 Å². The molecule has 1 amide bonds. The lowest BCUT2D eigenvalue weighted by Gasteiger charge is -2.45. The predicted octanol–water partition coefficient (Wildman–Crippen LogP) is 1.52. The van der Waals surface area contributed by atoms with Gasteiger partial charge in [-0.05, 0) is 31.0 Å². The van der Waals surface area contributed by atoms with Crippen molar-refractivity contribution in [3.05, 3.63) is 23.8 Å². The molecule has 2 atom stereocenters. The van der Waals surface area contributed by atoms with E-state index in [-0.39, 0.29) is 0 Å². The van der Waals surface area contributed by atoms with Gasteiger partial charge in [0.1, 0.15) is 0 Å². The summed E-state index contributed by atoms with van der Waals surface area (Å²) >= 11 is 0. The summed E-state index contributed by atoms with van der Waals surface area (Å²) in [6.07, 6.45) is 5.05. The second-order valence-corrected chi connectivity index (χ2v) is 5.59. The van der Waals surface area contributed by atoms with Gasteiger partial charge in [0, 0.05) is 17.9 Å². The van der Waals surface area contributed by atoms with E-state index in [2.05, 4.69) is 4.90 Å². The van der Waals surface area contributed by atoms with Crippen molar-refractivity contribution < 1.29 is 9.53 Å². The number of rotatable bonds is 2. The van der Waals surface area contributed by atoms with Crippen LogP contribution in [0.5, 0.6) is 0 Å². The fraction of sp³-hybridized carbons (Fsp3) is 0.533. The SMILES string of the molecule is NC(=O)c1cc(N2CCOC3CCCCC32)ccc1N. The van der Waals surface area contributed by atoms with Crippen LogP contribution < -0.4 is 16.4 Å². The molecule has 1 aliphatic heterocycles. The van der Waals surface area contributed by atoms with Gasteiger partial charge in [-0.1, -0.05) is 12.8 Å². The van der Waals surface area contributed by atoms with Crippen molar-refractivity contribution in [1.29, 1.82) is 0 Å². The molecular formula is C15H21N3O2. The molecule has 1 aromatic carbocycles. The molecule has 20 heavy (non-hydrogen) atoms. The average molecular weight is 275 g/mol. The van der Waals surface area contributed by atoms with Crippen molar-refractivity contribution in [2.24, 2.45) is 5.73 Å². The molecule has 2 unspecified atom stereocenters. The van der Waals surface area contributed by atoms with Gasteiger partial charge >= 0.3 is 0 Å². The molecule has 108 valence electrons. The number of hydrogen-bond donors (Lipinski definition) is 2. The number of benzene rings is 1. The Balaban J connectivity index is 1.91. The topological polar surface area (TPSA) is 81.6 Å². The number of nitrogen functional groups attached to an aromatic ring is 1. The molecule has 0 spiro atoms. The van der Waals surface area contributed by atoms with Crippen LogP contribution in [0.2, 0.25) is 0 Å². The van der Waals surface area contributed by atoms with Crippen LogP contribution in [0.4, 0.5) is 11.4 Å². The highest BCUT2D eigenvalue weighted by atomic mass is 16.5. The van der Waals surface area contributed by atoms with Gasteiger partial charge in [-0.25, -0.2) is 0 Å². The smallest absolute Gasteiger partial charge is 0.250 e. The Morgan fingerprint density at radius 2 is 2.10 bits per heavy atom. The van der Waals surface area contributed by atoms with E-state index in [0.717, 1.165) is 31.7 Å². The minimum atomic E-state index is -0.474.